The number of benzene rings is 1. The Balaban J connectivity index is 0.00000169. The summed E-state index contributed by atoms with van der Waals surface area (Å²) in [6.07, 6.45) is 1.98. The van der Waals surface area contributed by atoms with Crippen molar-refractivity contribution in [2.75, 3.05) is 12.8 Å². The summed E-state index contributed by atoms with van der Waals surface area (Å²) in [5.74, 6) is 0. The number of hydrogen-bond acceptors (Lipinski definition) is 3. The topological polar surface area (TPSA) is 60.2 Å². The Hall–Kier alpha value is -0.580. The second kappa shape index (κ2) is 5.34. The van der Waals surface area contributed by atoms with Crippen LogP contribution in [-0.4, -0.2) is 21.2 Å². The van der Waals surface area contributed by atoms with Gasteiger partial charge in [0.2, 0.25) is 0 Å². The molecule has 14 heavy (non-hydrogen) atoms. The highest BCUT2D eigenvalue weighted by molar-refractivity contribution is 7.90. The molecule has 1 aromatic rings. The van der Waals surface area contributed by atoms with E-state index in [4.69, 9.17) is 5.73 Å². The molecule has 0 spiro atoms. The van der Waals surface area contributed by atoms with Crippen molar-refractivity contribution in [2.45, 2.75) is 11.3 Å². The van der Waals surface area contributed by atoms with Crippen molar-refractivity contribution < 1.29 is 8.42 Å². The smallest absolute Gasteiger partial charge is 0.175 e. The van der Waals surface area contributed by atoms with Crippen molar-refractivity contribution in [3.63, 3.8) is 0 Å². The predicted molar refractivity (Wildman–Crippen MR) is 59.6 cm³/mol. The third-order valence-electron chi connectivity index (χ3n) is 1.78. The third kappa shape index (κ3) is 3.65. The summed E-state index contributed by atoms with van der Waals surface area (Å²) in [5, 5.41) is 0. The van der Waals surface area contributed by atoms with Crippen LogP contribution in [0, 0.1) is 0 Å². The average molecular weight is 236 g/mol. The molecule has 1 rings (SSSR count). The molecule has 0 amide bonds. The first-order chi connectivity index (χ1) is 6.04. The largest absolute Gasteiger partial charge is 0.330 e. The Kier molecular flexibility index (Phi) is 5.12. The maximum atomic E-state index is 11.1. The maximum absolute atomic E-state index is 11.1. The van der Waals surface area contributed by atoms with Crippen LogP contribution in [0.15, 0.2) is 29.2 Å². The molecular weight excluding hydrogens is 222 g/mol. The molecule has 0 aliphatic heterocycles. The monoisotopic (exact) mass is 235 g/mol. The molecule has 1 aromatic carbocycles. The van der Waals surface area contributed by atoms with E-state index < -0.39 is 9.84 Å². The van der Waals surface area contributed by atoms with Crippen LogP contribution in [0.25, 0.3) is 0 Å². The zero-order valence-electron chi connectivity index (χ0n) is 7.93. The van der Waals surface area contributed by atoms with Crippen LogP contribution in [0.2, 0.25) is 0 Å². The van der Waals surface area contributed by atoms with E-state index in [1.54, 1.807) is 24.3 Å². The SMILES string of the molecule is CS(=O)(=O)c1ccc(CCN)cc1.Cl. The summed E-state index contributed by atoms with van der Waals surface area (Å²) >= 11 is 0. The first-order valence-corrected chi connectivity index (χ1v) is 5.92. The minimum absolute atomic E-state index is 0. The Morgan fingerprint density at radius 3 is 2.07 bits per heavy atom. The number of rotatable bonds is 3. The van der Waals surface area contributed by atoms with E-state index in [1.165, 1.54) is 6.26 Å². The lowest BCUT2D eigenvalue weighted by Gasteiger charge is -2.00. The van der Waals surface area contributed by atoms with E-state index in [-0.39, 0.29) is 12.4 Å². The fourth-order valence-corrected chi connectivity index (χ4v) is 1.70. The van der Waals surface area contributed by atoms with Crippen LogP contribution in [0.4, 0.5) is 0 Å². The summed E-state index contributed by atoms with van der Waals surface area (Å²) in [7, 11) is -3.07. The van der Waals surface area contributed by atoms with E-state index in [0.717, 1.165) is 12.0 Å². The van der Waals surface area contributed by atoms with Gasteiger partial charge in [-0.2, -0.15) is 0 Å². The van der Waals surface area contributed by atoms with Crippen molar-refractivity contribution >= 4 is 22.2 Å². The summed E-state index contributed by atoms with van der Waals surface area (Å²) < 4.78 is 22.2. The van der Waals surface area contributed by atoms with Gasteiger partial charge in [-0.25, -0.2) is 8.42 Å². The zero-order chi connectivity index (χ0) is 9.90. The molecule has 0 atom stereocenters. The van der Waals surface area contributed by atoms with Gasteiger partial charge in [0.05, 0.1) is 4.90 Å². The normalized spacial score (nSPS) is 10.7. The van der Waals surface area contributed by atoms with Crippen LogP contribution in [0.3, 0.4) is 0 Å². The highest BCUT2D eigenvalue weighted by atomic mass is 35.5. The van der Waals surface area contributed by atoms with Gasteiger partial charge in [0.25, 0.3) is 0 Å². The molecule has 80 valence electrons. The second-order valence-corrected chi connectivity index (χ2v) is 4.97. The molecule has 0 aromatic heterocycles. The Bertz CT molecular complexity index is 372. The van der Waals surface area contributed by atoms with Gasteiger partial charge < -0.3 is 5.73 Å². The van der Waals surface area contributed by atoms with Crippen molar-refractivity contribution in [1.82, 2.24) is 0 Å². The van der Waals surface area contributed by atoms with Crippen LogP contribution >= 0.6 is 12.4 Å². The fraction of sp³-hybridized carbons (Fsp3) is 0.333. The van der Waals surface area contributed by atoms with E-state index in [0.29, 0.717) is 11.4 Å². The number of halogens is 1. The standard InChI is InChI=1S/C9H13NO2S.ClH/c1-13(11,12)9-4-2-8(3-5-9)6-7-10;/h2-5H,6-7,10H2,1H3;1H. The molecule has 0 aliphatic carbocycles. The van der Waals surface area contributed by atoms with Gasteiger partial charge >= 0.3 is 0 Å². The Morgan fingerprint density at radius 1 is 1.21 bits per heavy atom. The minimum Gasteiger partial charge on any atom is -0.330 e. The summed E-state index contributed by atoms with van der Waals surface area (Å²) in [5.41, 5.74) is 6.43. The molecule has 3 nitrogen and oxygen atoms in total. The van der Waals surface area contributed by atoms with Gasteiger partial charge in [0.15, 0.2) is 9.84 Å². The Morgan fingerprint density at radius 2 is 1.71 bits per heavy atom. The van der Waals surface area contributed by atoms with Crippen molar-refractivity contribution in [3.05, 3.63) is 29.8 Å². The average Bonchev–Trinajstić information content (AvgIpc) is 2.04. The van der Waals surface area contributed by atoms with E-state index >= 15 is 0 Å². The van der Waals surface area contributed by atoms with Crippen LogP contribution < -0.4 is 5.73 Å². The lowest BCUT2D eigenvalue weighted by molar-refractivity contribution is 0.602. The summed E-state index contributed by atoms with van der Waals surface area (Å²) in [4.78, 5) is 0.355. The second-order valence-electron chi connectivity index (χ2n) is 2.95. The maximum Gasteiger partial charge on any atom is 0.175 e. The first kappa shape index (κ1) is 13.4. The van der Waals surface area contributed by atoms with Crippen LogP contribution in [0.1, 0.15) is 5.56 Å². The molecule has 0 unspecified atom stereocenters. The molecule has 5 heteroatoms. The van der Waals surface area contributed by atoms with Gasteiger partial charge in [-0.1, -0.05) is 12.1 Å². The van der Waals surface area contributed by atoms with Crippen LogP contribution in [0.5, 0.6) is 0 Å². The minimum atomic E-state index is -3.07. The Labute approximate surface area is 90.6 Å². The zero-order valence-corrected chi connectivity index (χ0v) is 9.57. The molecule has 0 radical (unpaired) electrons. The highest BCUT2D eigenvalue weighted by Gasteiger charge is 2.05. The summed E-state index contributed by atoms with van der Waals surface area (Å²) in [6, 6.07) is 6.81. The number of nitrogens with two attached hydrogens (primary N) is 1. The molecule has 0 saturated heterocycles. The lowest BCUT2D eigenvalue weighted by atomic mass is 10.2. The summed E-state index contributed by atoms with van der Waals surface area (Å²) in [6.45, 7) is 0.582. The first-order valence-electron chi connectivity index (χ1n) is 4.03. The van der Waals surface area contributed by atoms with Crippen molar-refractivity contribution in [2.24, 2.45) is 5.73 Å². The van der Waals surface area contributed by atoms with E-state index in [2.05, 4.69) is 0 Å². The van der Waals surface area contributed by atoms with Crippen molar-refractivity contribution in [1.29, 1.82) is 0 Å². The quantitative estimate of drug-likeness (QED) is 0.851. The molecule has 0 bridgehead atoms. The van der Waals surface area contributed by atoms with E-state index in [1.807, 2.05) is 0 Å². The molecule has 0 saturated carbocycles. The van der Waals surface area contributed by atoms with Gasteiger partial charge in [-0.15, -0.1) is 12.4 Å². The molecule has 0 aliphatic rings. The van der Waals surface area contributed by atoms with Crippen LogP contribution in [-0.2, 0) is 16.3 Å². The third-order valence-corrected chi connectivity index (χ3v) is 2.91. The molecule has 0 heterocycles. The lowest BCUT2D eigenvalue weighted by Crippen LogP contribution is -2.03. The highest BCUT2D eigenvalue weighted by Crippen LogP contribution is 2.10. The van der Waals surface area contributed by atoms with Gasteiger partial charge in [-0.3, -0.25) is 0 Å². The number of hydrogen-bond donors (Lipinski definition) is 1. The molecular formula is C9H14ClNO2S. The number of sulfone groups is 1. The molecule has 0 fully saturated rings. The predicted octanol–water partition coefficient (Wildman–Crippen LogP) is 1.01. The van der Waals surface area contributed by atoms with Gasteiger partial charge in [-0.05, 0) is 30.7 Å². The fourth-order valence-electron chi connectivity index (χ4n) is 1.07. The van der Waals surface area contributed by atoms with Gasteiger partial charge in [0, 0.05) is 6.26 Å². The van der Waals surface area contributed by atoms with Gasteiger partial charge in [0.1, 0.15) is 0 Å². The van der Waals surface area contributed by atoms with E-state index in [9.17, 15) is 8.42 Å². The molecule has 2 N–H and O–H groups in total. The van der Waals surface area contributed by atoms with Crippen molar-refractivity contribution in [3.8, 4) is 0 Å².